The lowest BCUT2D eigenvalue weighted by atomic mass is 10.0. The van der Waals surface area contributed by atoms with Gasteiger partial charge in [-0.15, -0.1) is 0 Å². The van der Waals surface area contributed by atoms with Gasteiger partial charge in [0.1, 0.15) is 18.4 Å². The monoisotopic (exact) mass is 405 g/mol. The Morgan fingerprint density at radius 1 is 0.966 bits per heavy atom. The molecule has 0 bridgehead atoms. The fourth-order valence-electron chi connectivity index (χ4n) is 3.16. The van der Waals surface area contributed by atoms with Crippen LogP contribution in [0.3, 0.4) is 0 Å². The van der Waals surface area contributed by atoms with Crippen LogP contribution < -0.4 is 15.8 Å². The van der Waals surface area contributed by atoms with Crippen LogP contribution in [0.5, 0.6) is 5.75 Å². The highest BCUT2D eigenvalue weighted by Gasteiger charge is 2.44. The summed E-state index contributed by atoms with van der Waals surface area (Å²) in [4.78, 5) is 49.6. The summed E-state index contributed by atoms with van der Waals surface area (Å²) in [6.45, 7) is 2.40. The average molecular weight is 405 g/mol. The summed E-state index contributed by atoms with van der Waals surface area (Å²) in [6.07, 6.45) is 0.196. The molecule has 10 nitrogen and oxygen atoms in total. The Balaban J connectivity index is 1.55. The predicted molar refractivity (Wildman–Crippen MR) is 99.3 cm³/mol. The van der Waals surface area contributed by atoms with Crippen molar-refractivity contribution in [3.8, 4) is 5.75 Å². The highest BCUT2D eigenvalue weighted by atomic mass is 16.5. The number of nitrogens with two attached hydrogens (primary N) is 1. The van der Waals surface area contributed by atoms with Crippen molar-refractivity contribution >= 4 is 23.6 Å². The number of carbonyl (C=O) groups is 4. The van der Waals surface area contributed by atoms with E-state index < -0.39 is 29.7 Å². The summed E-state index contributed by atoms with van der Waals surface area (Å²) in [5.74, 6) is -1.75. The van der Waals surface area contributed by atoms with Gasteiger partial charge < -0.3 is 19.9 Å². The molecule has 0 spiro atoms. The van der Waals surface area contributed by atoms with Crippen LogP contribution in [0.2, 0.25) is 0 Å². The van der Waals surface area contributed by atoms with Gasteiger partial charge in [-0.25, -0.2) is 0 Å². The maximum atomic E-state index is 12.7. The molecule has 0 saturated carbocycles. The fourth-order valence-corrected chi connectivity index (χ4v) is 3.16. The molecule has 0 radical (unpaired) electrons. The molecule has 1 atom stereocenters. The van der Waals surface area contributed by atoms with Gasteiger partial charge in [-0.2, -0.15) is 0 Å². The SMILES string of the molecule is NCCOCCOCCOc1ccc2c(c1)C(=O)N(C1CCC(=O)NC1=O)C2=O. The van der Waals surface area contributed by atoms with E-state index in [1.165, 1.54) is 12.1 Å². The van der Waals surface area contributed by atoms with Crippen LogP contribution in [0.15, 0.2) is 18.2 Å². The largest absolute Gasteiger partial charge is 0.491 e. The molecule has 10 heteroatoms. The van der Waals surface area contributed by atoms with Crippen LogP contribution in [0.25, 0.3) is 0 Å². The fraction of sp³-hybridized carbons (Fsp3) is 0.474. The third-order valence-electron chi connectivity index (χ3n) is 4.54. The van der Waals surface area contributed by atoms with Crippen molar-refractivity contribution in [2.45, 2.75) is 18.9 Å². The zero-order valence-corrected chi connectivity index (χ0v) is 15.8. The van der Waals surface area contributed by atoms with Crippen molar-refractivity contribution in [1.29, 1.82) is 0 Å². The highest BCUT2D eigenvalue weighted by molar-refractivity contribution is 6.23. The molecule has 156 valence electrons. The van der Waals surface area contributed by atoms with Gasteiger partial charge in [0.15, 0.2) is 0 Å². The van der Waals surface area contributed by atoms with E-state index in [2.05, 4.69) is 5.32 Å². The first-order valence-electron chi connectivity index (χ1n) is 9.37. The number of nitrogens with zero attached hydrogens (tertiary/aromatic N) is 1. The Morgan fingerprint density at radius 3 is 2.38 bits per heavy atom. The highest BCUT2D eigenvalue weighted by Crippen LogP contribution is 2.30. The molecule has 1 aromatic rings. The molecule has 1 fully saturated rings. The number of rotatable bonds is 10. The molecule has 3 N–H and O–H groups in total. The molecular weight excluding hydrogens is 382 g/mol. The summed E-state index contributed by atoms with van der Waals surface area (Å²) in [5, 5.41) is 2.16. The lowest BCUT2D eigenvalue weighted by Gasteiger charge is -2.27. The zero-order valence-electron chi connectivity index (χ0n) is 15.8. The van der Waals surface area contributed by atoms with Gasteiger partial charge in [0, 0.05) is 13.0 Å². The molecule has 0 aliphatic carbocycles. The number of amides is 4. The maximum Gasteiger partial charge on any atom is 0.262 e. The molecule has 2 aliphatic rings. The molecule has 1 aromatic carbocycles. The number of imide groups is 2. The van der Waals surface area contributed by atoms with E-state index in [0.29, 0.717) is 38.7 Å². The maximum absolute atomic E-state index is 12.7. The second-order valence-electron chi connectivity index (χ2n) is 6.52. The first-order valence-corrected chi connectivity index (χ1v) is 9.37. The van der Waals surface area contributed by atoms with Gasteiger partial charge in [0.25, 0.3) is 11.8 Å². The number of fused-ring (bicyclic) bond motifs is 1. The Kier molecular flexibility index (Phi) is 6.91. The van der Waals surface area contributed by atoms with Crippen LogP contribution in [0.4, 0.5) is 0 Å². The third kappa shape index (κ3) is 4.78. The van der Waals surface area contributed by atoms with Crippen LogP contribution >= 0.6 is 0 Å². The number of ether oxygens (including phenoxy) is 3. The average Bonchev–Trinajstić information content (AvgIpc) is 2.94. The van der Waals surface area contributed by atoms with Crippen LogP contribution in [-0.2, 0) is 19.1 Å². The van der Waals surface area contributed by atoms with Gasteiger partial charge in [0.05, 0.1) is 37.6 Å². The minimum atomic E-state index is -0.987. The Hall–Kier alpha value is -2.82. The van der Waals surface area contributed by atoms with Gasteiger partial charge in [-0.3, -0.25) is 29.4 Å². The van der Waals surface area contributed by atoms with Gasteiger partial charge >= 0.3 is 0 Å². The lowest BCUT2D eigenvalue weighted by Crippen LogP contribution is -2.54. The molecule has 2 heterocycles. The number of hydrogen-bond donors (Lipinski definition) is 2. The van der Waals surface area contributed by atoms with Crippen molar-refractivity contribution in [3.05, 3.63) is 29.3 Å². The third-order valence-corrected chi connectivity index (χ3v) is 4.54. The first-order chi connectivity index (χ1) is 14.0. The van der Waals surface area contributed by atoms with Crippen LogP contribution in [0.1, 0.15) is 33.6 Å². The predicted octanol–water partition coefficient (Wildman–Crippen LogP) is -0.541. The quantitative estimate of drug-likeness (QED) is 0.391. The Bertz CT molecular complexity index is 811. The van der Waals surface area contributed by atoms with E-state index in [-0.39, 0.29) is 30.6 Å². The summed E-state index contributed by atoms with van der Waals surface area (Å²) >= 11 is 0. The summed E-state index contributed by atoms with van der Waals surface area (Å²) in [7, 11) is 0. The van der Waals surface area contributed by atoms with Crippen molar-refractivity contribution in [2.75, 3.05) is 39.6 Å². The molecule has 29 heavy (non-hydrogen) atoms. The molecule has 3 rings (SSSR count). The lowest BCUT2D eigenvalue weighted by molar-refractivity contribution is -0.136. The summed E-state index contributed by atoms with van der Waals surface area (Å²) < 4.78 is 16.1. The smallest absolute Gasteiger partial charge is 0.262 e. The van der Waals surface area contributed by atoms with E-state index in [9.17, 15) is 19.2 Å². The van der Waals surface area contributed by atoms with Gasteiger partial charge in [0.2, 0.25) is 11.8 Å². The van der Waals surface area contributed by atoms with Crippen LogP contribution in [0, 0.1) is 0 Å². The van der Waals surface area contributed by atoms with E-state index in [0.717, 1.165) is 4.90 Å². The van der Waals surface area contributed by atoms with E-state index >= 15 is 0 Å². The molecule has 4 amide bonds. The zero-order chi connectivity index (χ0) is 20.8. The summed E-state index contributed by atoms with van der Waals surface area (Å²) in [5.41, 5.74) is 5.69. The number of nitrogens with one attached hydrogen (secondary N) is 1. The second kappa shape index (κ2) is 9.59. The molecule has 1 unspecified atom stereocenters. The van der Waals surface area contributed by atoms with Crippen molar-refractivity contribution in [2.24, 2.45) is 5.73 Å². The summed E-state index contributed by atoms with van der Waals surface area (Å²) in [6, 6.07) is 3.58. The van der Waals surface area contributed by atoms with E-state index in [1.54, 1.807) is 6.07 Å². The minimum Gasteiger partial charge on any atom is -0.491 e. The molecule has 0 aromatic heterocycles. The Labute approximate surface area is 167 Å². The van der Waals surface area contributed by atoms with Crippen molar-refractivity contribution in [1.82, 2.24) is 10.2 Å². The molecular formula is C19H23N3O7. The van der Waals surface area contributed by atoms with E-state index in [1.807, 2.05) is 0 Å². The number of benzene rings is 1. The second-order valence-corrected chi connectivity index (χ2v) is 6.52. The molecule has 2 aliphatic heterocycles. The van der Waals surface area contributed by atoms with E-state index in [4.69, 9.17) is 19.9 Å². The van der Waals surface area contributed by atoms with Gasteiger partial charge in [-0.05, 0) is 24.6 Å². The number of piperidine rings is 1. The standard InChI is InChI=1S/C19H23N3O7/c20-5-6-27-7-8-28-9-10-29-12-1-2-13-14(11-12)19(26)22(18(13)25)15-3-4-16(23)21-17(15)24/h1-2,11,15H,3-10,20H2,(H,21,23,24). The minimum absolute atomic E-state index is 0.0788. The van der Waals surface area contributed by atoms with Crippen molar-refractivity contribution in [3.63, 3.8) is 0 Å². The topological polar surface area (TPSA) is 137 Å². The molecule has 1 saturated heterocycles. The number of carbonyl (C=O) groups excluding carboxylic acids is 4. The van der Waals surface area contributed by atoms with Crippen molar-refractivity contribution < 1.29 is 33.4 Å². The Morgan fingerprint density at radius 2 is 1.66 bits per heavy atom. The van der Waals surface area contributed by atoms with Gasteiger partial charge in [-0.1, -0.05) is 0 Å². The normalized spacial score (nSPS) is 18.8. The van der Waals surface area contributed by atoms with Crippen LogP contribution in [-0.4, -0.2) is 74.1 Å². The first kappa shape index (κ1) is 20.9. The number of hydrogen-bond acceptors (Lipinski definition) is 8.